The van der Waals surface area contributed by atoms with Gasteiger partial charge in [-0.2, -0.15) is 5.26 Å². The molecule has 2 rings (SSSR count). The summed E-state index contributed by atoms with van der Waals surface area (Å²) < 4.78 is 0. The van der Waals surface area contributed by atoms with Crippen molar-refractivity contribution in [1.29, 1.82) is 5.26 Å². The maximum atomic E-state index is 8.95. The Morgan fingerprint density at radius 2 is 2.12 bits per heavy atom. The molecule has 0 amide bonds. The molecule has 0 unspecified atom stereocenters. The second kappa shape index (κ2) is 4.95. The fourth-order valence-corrected chi connectivity index (χ4v) is 2.09. The van der Waals surface area contributed by atoms with Gasteiger partial charge in [-0.25, -0.2) is 0 Å². The fraction of sp³-hybridized carbons (Fsp3) is 0.500. The van der Waals surface area contributed by atoms with Crippen LogP contribution in [0.2, 0.25) is 0 Å². The van der Waals surface area contributed by atoms with E-state index in [1.807, 2.05) is 0 Å². The molecule has 84 valence electrons. The second-order valence-corrected chi connectivity index (χ2v) is 4.29. The van der Waals surface area contributed by atoms with Gasteiger partial charge in [0.05, 0.1) is 17.4 Å². The Morgan fingerprint density at radius 3 is 2.81 bits per heavy atom. The Kier molecular flexibility index (Phi) is 3.37. The van der Waals surface area contributed by atoms with E-state index in [1.54, 1.807) is 18.5 Å². The van der Waals surface area contributed by atoms with Crippen LogP contribution in [-0.4, -0.2) is 17.1 Å². The van der Waals surface area contributed by atoms with E-state index >= 15 is 0 Å². The number of nitriles is 1. The molecule has 1 saturated carbocycles. The van der Waals surface area contributed by atoms with Gasteiger partial charge in [-0.15, -0.1) is 0 Å². The molecule has 1 fully saturated rings. The molecule has 4 nitrogen and oxygen atoms in total. The predicted octanol–water partition coefficient (Wildman–Crippen LogP) is 1.64. The van der Waals surface area contributed by atoms with E-state index in [4.69, 9.17) is 11.0 Å². The fourth-order valence-electron chi connectivity index (χ4n) is 2.09. The molecular weight excluding hydrogens is 200 g/mol. The van der Waals surface area contributed by atoms with Crippen molar-refractivity contribution in [2.75, 3.05) is 5.32 Å². The molecule has 0 aromatic carbocycles. The van der Waals surface area contributed by atoms with Crippen LogP contribution in [0.15, 0.2) is 18.5 Å². The van der Waals surface area contributed by atoms with Gasteiger partial charge in [0.2, 0.25) is 0 Å². The summed E-state index contributed by atoms with van der Waals surface area (Å²) in [7, 11) is 0. The van der Waals surface area contributed by atoms with Crippen LogP contribution in [0.25, 0.3) is 0 Å². The highest BCUT2D eigenvalue weighted by atomic mass is 14.9. The molecule has 1 aliphatic carbocycles. The van der Waals surface area contributed by atoms with Gasteiger partial charge >= 0.3 is 0 Å². The lowest BCUT2D eigenvalue weighted by Crippen LogP contribution is -2.33. The van der Waals surface area contributed by atoms with Gasteiger partial charge in [0.15, 0.2) is 0 Å². The molecule has 0 radical (unpaired) electrons. The van der Waals surface area contributed by atoms with Crippen LogP contribution in [0.1, 0.15) is 31.2 Å². The van der Waals surface area contributed by atoms with Crippen molar-refractivity contribution in [1.82, 2.24) is 4.98 Å². The number of anilines is 1. The highest BCUT2D eigenvalue weighted by Gasteiger charge is 2.18. The first kappa shape index (κ1) is 10.9. The number of nitrogens with two attached hydrogens (primary N) is 1. The molecule has 0 aliphatic heterocycles. The van der Waals surface area contributed by atoms with E-state index in [0.717, 1.165) is 31.4 Å². The van der Waals surface area contributed by atoms with Crippen molar-refractivity contribution >= 4 is 5.69 Å². The van der Waals surface area contributed by atoms with Crippen molar-refractivity contribution in [2.24, 2.45) is 5.73 Å². The monoisotopic (exact) mass is 216 g/mol. The Morgan fingerprint density at radius 1 is 1.38 bits per heavy atom. The van der Waals surface area contributed by atoms with Gasteiger partial charge in [-0.1, -0.05) is 0 Å². The van der Waals surface area contributed by atoms with E-state index in [9.17, 15) is 0 Å². The van der Waals surface area contributed by atoms with Crippen LogP contribution in [0.5, 0.6) is 0 Å². The quantitative estimate of drug-likeness (QED) is 0.788. The number of nitrogens with zero attached hydrogens (tertiary/aromatic N) is 2. The summed E-state index contributed by atoms with van der Waals surface area (Å²) in [6, 6.07) is 4.68. The first-order chi connectivity index (χ1) is 7.79. The van der Waals surface area contributed by atoms with Crippen LogP contribution >= 0.6 is 0 Å². The van der Waals surface area contributed by atoms with Gasteiger partial charge in [0.1, 0.15) is 6.07 Å². The van der Waals surface area contributed by atoms with Crippen molar-refractivity contribution < 1.29 is 0 Å². The first-order valence-electron chi connectivity index (χ1n) is 5.66. The van der Waals surface area contributed by atoms with Crippen molar-refractivity contribution in [3.05, 3.63) is 24.0 Å². The van der Waals surface area contributed by atoms with E-state index in [2.05, 4.69) is 16.4 Å². The number of pyridine rings is 1. The molecule has 16 heavy (non-hydrogen) atoms. The summed E-state index contributed by atoms with van der Waals surface area (Å²) in [5.74, 6) is 0. The molecule has 4 heteroatoms. The molecule has 0 atom stereocenters. The predicted molar refractivity (Wildman–Crippen MR) is 62.8 cm³/mol. The molecule has 1 aromatic rings. The molecule has 1 aliphatic rings. The lowest BCUT2D eigenvalue weighted by Gasteiger charge is -2.27. The molecule has 0 bridgehead atoms. The summed E-state index contributed by atoms with van der Waals surface area (Å²) in [6.07, 6.45) is 7.61. The third-order valence-electron chi connectivity index (χ3n) is 3.07. The molecule has 1 aromatic heterocycles. The third-order valence-corrected chi connectivity index (χ3v) is 3.07. The first-order valence-corrected chi connectivity index (χ1v) is 5.66. The number of hydrogen-bond donors (Lipinski definition) is 2. The summed E-state index contributed by atoms with van der Waals surface area (Å²) in [5.41, 5.74) is 7.35. The highest BCUT2D eigenvalue weighted by Crippen LogP contribution is 2.22. The zero-order chi connectivity index (χ0) is 11.4. The lowest BCUT2D eigenvalue weighted by atomic mass is 9.91. The average Bonchev–Trinajstić information content (AvgIpc) is 2.33. The Balaban J connectivity index is 2.01. The van der Waals surface area contributed by atoms with Gasteiger partial charge < -0.3 is 11.1 Å². The van der Waals surface area contributed by atoms with Gasteiger partial charge in [-0.05, 0) is 31.7 Å². The lowest BCUT2D eigenvalue weighted by molar-refractivity contribution is 0.411. The maximum absolute atomic E-state index is 8.95. The third kappa shape index (κ3) is 2.50. The zero-order valence-corrected chi connectivity index (χ0v) is 9.19. The largest absolute Gasteiger partial charge is 0.380 e. The normalized spacial score (nSPS) is 24.8. The minimum Gasteiger partial charge on any atom is -0.380 e. The number of aromatic nitrogens is 1. The van der Waals surface area contributed by atoms with Crippen LogP contribution in [0.4, 0.5) is 5.69 Å². The summed E-state index contributed by atoms with van der Waals surface area (Å²) in [5, 5.41) is 12.3. The van der Waals surface area contributed by atoms with Gasteiger partial charge in [-0.3, -0.25) is 4.98 Å². The van der Waals surface area contributed by atoms with E-state index < -0.39 is 0 Å². The van der Waals surface area contributed by atoms with Crippen molar-refractivity contribution in [2.45, 2.75) is 37.8 Å². The number of rotatable bonds is 2. The van der Waals surface area contributed by atoms with Crippen LogP contribution in [0, 0.1) is 11.3 Å². The highest BCUT2D eigenvalue weighted by molar-refractivity contribution is 5.55. The smallest absolute Gasteiger partial charge is 0.101 e. The minimum absolute atomic E-state index is 0.349. The molecule has 3 N–H and O–H groups in total. The Labute approximate surface area is 95.5 Å². The topological polar surface area (TPSA) is 74.7 Å². The average molecular weight is 216 g/mol. The van der Waals surface area contributed by atoms with Gasteiger partial charge in [0.25, 0.3) is 0 Å². The Hall–Kier alpha value is -1.60. The second-order valence-electron chi connectivity index (χ2n) is 4.29. The summed E-state index contributed by atoms with van der Waals surface area (Å²) >= 11 is 0. The van der Waals surface area contributed by atoms with Crippen LogP contribution in [-0.2, 0) is 0 Å². The molecule has 0 saturated heterocycles. The number of nitrogens with one attached hydrogen (secondary N) is 1. The van der Waals surface area contributed by atoms with E-state index in [0.29, 0.717) is 17.6 Å². The molecular formula is C12H16N4. The van der Waals surface area contributed by atoms with Gasteiger partial charge in [0, 0.05) is 18.3 Å². The van der Waals surface area contributed by atoms with Crippen LogP contribution in [0.3, 0.4) is 0 Å². The molecule has 0 spiro atoms. The number of hydrogen-bond acceptors (Lipinski definition) is 4. The Bertz CT molecular complexity index is 388. The summed E-state index contributed by atoms with van der Waals surface area (Å²) in [6.45, 7) is 0. The van der Waals surface area contributed by atoms with Crippen molar-refractivity contribution in [3.8, 4) is 6.07 Å². The van der Waals surface area contributed by atoms with E-state index in [-0.39, 0.29) is 0 Å². The van der Waals surface area contributed by atoms with Crippen molar-refractivity contribution in [3.63, 3.8) is 0 Å². The van der Waals surface area contributed by atoms with E-state index in [1.165, 1.54) is 0 Å². The summed E-state index contributed by atoms with van der Waals surface area (Å²) in [4.78, 5) is 4.04. The zero-order valence-electron chi connectivity index (χ0n) is 9.19. The SMILES string of the molecule is N#Cc1ccncc1NC1CCC(N)CC1. The minimum atomic E-state index is 0.349. The molecule has 1 heterocycles. The maximum Gasteiger partial charge on any atom is 0.101 e. The van der Waals surface area contributed by atoms with Crippen LogP contribution < -0.4 is 11.1 Å². The standard InChI is InChI=1S/C12H16N4/c13-7-9-5-6-15-8-12(9)16-11-3-1-10(14)2-4-11/h5-6,8,10-11,16H,1-4,14H2.